The maximum Gasteiger partial charge on any atom is 0.257 e. The number of hydrogen-bond acceptors (Lipinski definition) is 4. The van der Waals surface area contributed by atoms with Crippen molar-refractivity contribution in [1.29, 1.82) is 0 Å². The molecule has 90 valence electrons. The van der Waals surface area contributed by atoms with Crippen LogP contribution in [0.5, 0.6) is 0 Å². The molecule has 1 aliphatic carbocycles. The Labute approximate surface area is 94.1 Å². The van der Waals surface area contributed by atoms with Gasteiger partial charge in [-0.3, -0.25) is 5.10 Å². The van der Waals surface area contributed by atoms with Crippen molar-refractivity contribution in [3.63, 3.8) is 0 Å². The summed E-state index contributed by atoms with van der Waals surface area (Å²) in [7, 11) is -3.47. The smallest absolute Gasteiger partial charge is 0.257 e. The number of sulfonamides is 1. The number of aromatic amines is 1. The predicted molar refractivity (Wildman–Crippen MR) is 57.1 cm³/mol. The van der Waals surface area contributed by atoms with E-state index in [9.17, 15) is 13.5 Å². The highest BCUT2D eigenvalue weighted by Gasteiger charge is 2.24. The summed E-state index contributed by atoms with van der Waals surface area (Å²) in [6.07, 6.45) is 3.42. The Morgan fingerprint density at radius 3 is 2.94 bits per heavy atom. The Balaban J connectivity index is 1.91. The monoisotopic (exact) mass is 245 g/mol. The van der Waals surface area contributed by atoms with Gasteiger partial charge in [0, 0.05) is 6.54 Å². The van der Waals surface area contributed by atoms with Crippen LogP contribution in [0.3, 0.4) is 0 Å². The van der Waals surface area contributed by atoms with E-state index in [1.165, 1.54) is 12.3 Å². The van der Waals surface area contributed by atoms with E-state index in [0.29, 0.717) is 13.0 Å². The van der Waals surface area contributed by atoms with Gasteiger partial charge in [0.2, 0.25) is 0 Å². The first-order chi connectivity index (χ1) is 7.58. The molecule has 2 unspecified atom stereocenters. The van der Waals surface area contributed by atoms with Crippen LogP contribution < -0.4 is 4.72 Å². The lowest BCUT2D eigenvalue weighted by Crippen LogP contribution is -2.29. The van der Waals surface area contributed by atoms with Gasteiger partial charge in [-0.1, -0.05) is 0 Å². The van der Waals surface area contributed by atoms with Gasteiger partial charge >= 0.3 is 0 Å². The fraction of sp³-hybridized carbons (Fsp3) is 0.667. The van der Waals surface area contributed by atoms with Crippen molar-refractivity contribution < 1.29 is 13.5 Å². The molecule has 1 saturated carbocycles. The van der Waals surface area contributed by atoms with Crippen molar-refractivity contribution in [2.75, 3.05) is 6.54 Å². The molecule has 2 atom stereocenters. The quantitative estimate of drug-likeness (QED) is 0.687. The molecule has 16 heavy (non-hydrogen) atoms. The van der Waals surface area contributed by atoms with Gasteiger partial charge in [0.1, 0.15) is 0 Å². The normalized spacial score (nSPS) is 26.1. The molecule has 0 spiro atoms. The number of nitrogens with one attached hydrogen (secondary N) is 2. The molecule has 1 aliphatic rings. The van der Waals surface area contributed by atoms with Crippen molar-refractivity contribution in [3.8, 4) is 0 Å². The molecule has 0 bridgehead atoms. The molecule has 0 saturated heterocycles. The molecule has 1 fully saturated rings. The minimum Gasteiger partial charge on any atom is -0.393 e. The topological polar surface area (TPSA) is 95.1 Å². The molecule has 0 amide bonds. The van der Waals surface area contributed by atoms with E-state index in [4.69, 9.17) is 0 Å². The molecule has 6 nitrogen and oxygen atoms in total. The zero-order valence-corrected chi connectivity index (χ0v) is 9.57. The zero-order chi connectivity index (χ0) is 11.6. The summed E-state index contributed by atoms with van der Waals surface area (Å²) in [5.41, 5.74) is 0. The van der Waals surface area contributed by atoms with Crippen LogP contribution in [0, 0.1) is 5.92 Å². The van der Waals surface area contributed by atoms with Crippen molar-refractivity contribution in [2.24, 2.45) is 5.92 Å². The predicted octanol–water partition coefficient (Wildman–Crippen LogP) is -0.151. The molecular weight excluding hydrogens is 230 g/mol. The van der Waals surface area contributed by atoms with Crippen LogP contribution in [-0.4, -0.2) is 36.4 Å². The van der Waals surface area contributed by atoms with Crippen LogP contribution in [-0.2, 0) is 10.0 Å². The lowest BCUT2D eigenvalue weighted by molar-refractivity contribution is 0.178. The van der Waals surface area contributed by atoms with E-state index >= 15 is 0 Å². The van der Waals surface area contributed by atoms with Crippen LogP contribution in [0.4, 0.5) is 0 Å². The number of hydrogen-bond donors (Lipinski definition) is 3. The molecule has 1 aromatic rings. The molecule has 7 heteroatoms. The summed E-state index contributed by atoms with van der Waals surface area (Å²) < 4.78 is 25.9. The number of nitrogens with zero attached hydrogens (tertiary/aromatic N) is 1. The van der Waals surface area contributed by atoms with Crippen LogP contribution in [0.15, 0.2) is 17.3 Å². The highest BCUT2D eigenvalue weighted by Crippen LogP contribution is 2.24. The number of rotatable bonds is 4. The fourth-order valence-corrected chi connectivity index (χ4v) is 2.96. The van der Waals surface area contributed by atoms with Gasteiger partial charge in [-0.05, 0) is 31.2 Å². The highest BCUT2D eigenvalue weighted by atomic mass is 32.2. The van der Waals surface area contributed by atoms with E-state index in [1.54, 1.807) is 0 Å². The van der Waals surface area contributed by atoms with E-state index in [0.717, 1.165) is 12.8 Å². The van der Waals surface area contributed by atoms with Crippen LogP contribution in [0.2, 0.25) is 0 Å². The number of aliphatic hydroxyl groups is 1. The Bertz CT molecular complexity index is 429. The average Bonchev–Trinajstić information content (AvgIpc) is 2.85. The molecule has 0 aliphatic heterocycles. The first-order valence-corrected chi connectivity index (χ1v) is 6.73. The van der Waals surface area contributed by atoms with Crippen LogP contribution in [0.1, 0.15) is 19.3 Å². The van der Waals surface area contributed by atoms with Gasteiger partial charge in [-0.15, -0.1) is 0 Å². The maximum atomic E-state index is 11.7. The molecular formula is C9H15N3O3S. The third-order valence-electron chi connectivity index (χ3n) is 2.84. The summed E-state index contributed by atoms with van der Waals surface area (Å²) in [5, 5.41) is 15.4. The molecule has 3 N–H and O–H groups in total. The summed E-state index contributed by atoms with van der Waals surface area (Å²) >= 11 is 0. The first-order valence-electron chi connectivity index (χ1n) is 5.25. The van der Waals surface area contributed by atoms with Crippen LogP contribution in [0.25, 0.3) is 0 Å². The summed E-state index contributed by atoms with van der Waals surface area (Å²) in [6, 6.07) is 1.41. The van der Waals surface area contributed by atoms with Gasteiger partial charge in [-0.2, -0.15) is 5.10 Å². The molecule has 0 aromatic carbocycles. The largest absolute Gasteiger partial charge is 0.393 e. The SMILES string of the molecule is O=S(=O)(NCC1CCC(O)C1)c1ccn[nH]1. The Morgan fingerprint density at radius 2 is 2.38 bits per heavy atom. The minimum absolute atomic E-state index is 0.0750. The second-order valence-corrected chi connectivity index (χ2v) is 5.84. The van der Waals surface area contributed by atoms with Gasteiger partial charge in [0.25, 0.3) is 10.0 Å². The second kappa shape index (κ2) is 4.52. The summed E-state index contributed by atoms with van der Waals surface area (Å²) in [5.74, 6) is 0.229. The Hall–Kier alpha value is -0.920. The Morgan fingerprint density at radius 1 is 1.56 bits per heavy atom. The molecule has 1 aromatic heterocycles. The lowest BCUT2D eigenvalue weighted by Gasteiger charge is -2.10. The van der Waals surface area contributed by atoms with E-state index in [-0.39, 0.29) is 17.0 Å². The van der Waals surface area contributed by atoms with Gasteiger partial charge in [0.05, 0.1) is 12.3 Å². The van der Waals surface area contributed by atoms with Gasteiger partial charge in [-0.25, -0.2) is 13.1 Å². The third-order valence-corrected chi connectivity index (χ3v) is 4.19. The average molecular weight is 245 g/mol. The maximum absolute atomic E-state index is 11.7. The lowest BCUT2D eigenvalue weighted by atomic mass is 10.1. The fourth-order valence-electron chi connectivity index (χ4n) is 1.93. The van der Waals surface area contributed by atoms with Crippen molar-refractivity contribution in [1.82, 2.24) is 14.9 Å². The molecule has 0 radical (unpaired) electrons. The summed E-state index contributed by atoms with van der Waals surface area (Å²) in [4.78, 5) is 0. The molecule has 1 heterocycles. The van der Waals surface area contributed by atoms with E-state index < -0.39 is 10.0 Å². The molecule has 2 rings (SSSR count). The number of aromatic nitrogens is 2. The van der Waals surface area contributed by atoms with E-state index in [1.807, 2.05) is 0 Å². The summed E-state index contributed by atoms with van der Waals surface area (Å²) in [6.45, 7) is 0.373. The van der Waals surface area contributed by atoms with Gasteiger partial charge in [0.15, 0.2) is 5.03 Å². The van der Waals surface area contributed by atoms with Gasteiger partial charge < -0.3 is 5.11 Å². The zero-order valence-electron chi connectivity index (χ0n) is 8.76. The number of aliphatic hydroxyl groups excluding tert-OH is 1. The Kier molecular flexibility index (Phi) is 3.27. The second-order valence-electron chi connectivity index (χ2n) is 4.11. The van der Waals surface area contributed by atoms with E-state index in [2.05, 4.69) is 14.9 Å². The highest BCUT2D eigenvalue weighted by molar-refractivity contribution is 7.89. The van der Waals surface area contributed by atoms with Crippen molar-refractivity contribution >= 4 is 10.0 Å². The minimum atomic E-state index is -3.47. The third kappa shape index (κ3) is 2.60. The van der Waals surface area contributed by atoms with Crippen molar-refractivity contribution in [3.05, 3.63) is 12.3 Å². The first kappa shape index (κ1) is 11.6. The van der Waals surface area contributed by atoms with Crippen molar-refractivity contribution in [2.45, 2.75) is 30.4 Å². The van der Waals surface area contributed by atoms with Crippen LogP contribution >= 0.6 is 0 Å². The standard InChI is InChI=1S/C9H15N3O3S/c13-8-2-1-7(5-8)6-11-16(14,15)9-3-4-10-12-9/h3-4,7-8,11,13H,1-2,5-6H2,(H,10,12). The number of H-pyrrole nitrogens is 1.